The maximum Gasteiger partial charge on any atom is 0.0272 e. The fourth-order valence-electron chi connectivity index (χ4n) is 3.93. The van der Waals surface area contributed by atoms with Gasteiger partial charge in [0, 0.05) is 38.3 Å². The summed E-state index contributed by atoms with van der Waals surface area (Å²) >= 11 is 0. The van der Waals surface area contributed by atoms with Crippen molar-refractivity contribution in [3.05, 3.63) is 0 Å². The first-order valence-electron chi connectivity index (χ1n) is 9.94. The summed E-state index contributed by atoms with van der Waals surface area (Å²) in [6.07, 6.45) is 2.77. The molecule has 0 aromatic carbocycles. The number of hydrogen-bond donors (Lipinski definition) is 0. The lowest BCUT2D eigenvalue weighted by Crippen LogP contribution is -2.60. The second-order valence-electron chi connectivity index (χ2n) is 8.71. The van der Waals surface area contributed by atoms with E-state index in [1.807, 2.05) is 13.8 Å². The van der Waals surface area contributed by atoms with Crippen molar-refractivity contribution in [3.8, 4) is 0 Å². The summed E-state index contributed by atoms with van der Waals surface area (Å²) in [5.41, 5.74) is 0.374. The van der Waals surface area contributed by atoms with E-state index in [2.05, 4.69) is 56.4 Å². The van der Waals surface area contributed by atoms with Gasteiger partial charge in [0.05, 0.1) is 0 Å². The molecule has 23 heavy (non-hydrogen) atoms. The van der Waals surface area contributed by atoms with Gasteiger partial charge in [-0.15, -0.1) is 0 Å². The molecule has 0 saturated carbocycles. The largest absolute Gasteiger partial charge is 0.306 e. The van der Waals surface area contributed by atoms with Gasteiger partial charge in [0.2, 0.25) is 0 Å². The van der Waals surface area contributed by atoms with E-state index < -0.39 is 0 Å². The molecule has 0 bridgehead atoms. The lowest BCUT2D eigenvalue weighted by Gasteiger charge is -2.49. The number of nitrogens with zero attached hydrogens (tertiary/aromatic N) is 3. The Morgan fingerprint density at radius 3 is 2.00 bits per heavy atom. The monoisotopic (exact) mass is 325 g/mol. The van der Waals surface area contributed by atoms with Crippen molar-refractivity contribution in [2.45, 2.75) is 73.4 Å². The van der Waals surface area contributed by atoms with E-state index in [0.29, 0.717) is 17.5 Å². The summed E-state index contributed by atoms with van der Waals surface area (Å²) < 4.78 is 0. The Hall–Kier alpha value is -0.120. The molecule has 2 fully saturated rings. The molecule has 3 nitrogen and oxygen atoms in total. The number of likely N-dealkylation sites (tertiary alicyclic amines) is 1. The molecule has 0 aromatic heterocycles. The minimum Gasteiger partial charge on any atom is -0.306 e. The highest BCUT2D eigenvalue weighted by atomic mass is 15.3. The van der Waals surface area contributed by atoms with Gasteiger partial charge in [0.15, 0.2) is 0 Å². The van der Waals surface area contributed by atoms with E-state index in [9.17, 15) is 0 Å². The zero-order valence-corrected chi connectivity index (χ0v) is 17.2. The zero-order chi connectivity index (χ0) is 17.6. The number of rotatable bonds is 3. The maximum atomic E-state index is 2.81. The SMILES string of the molecule is CC.CC(C)N1CCN(CC2CCN(C)CC2)C(C(C)(C)C)C1. The predicted molar refractivity (Wildman–Crippen MR) is 103 cm³/mol. The third kappa shape index (κ3) is 6.36. The molecule has 1 unspecified atom stereocenters. The van der Waals surface area contributed by atoms with Crippen LogP contribution in [0.3, 0.4) is 0 Å². The topological polar surface area (TPSA) is 9.72 Å². The fourth-order valence-corrected chi connectivity index (χ4v) is 3.93. The van der Waals surface area contributed by atoms with Crippen LogP contribution in [0.15, 0.2) is 0 Å². The highest BCUT2D eigenvalue weighted by molar-refractivity contribution is 4.92. The van der Waals surface area contributed by atoms with Crippen LogP contribution in [-0.4, -0.2) is 73.1 Å². The summed E-state index contributed by atoms with van der Waals surface area (Å²) in [4.78, 5) is 7.96. The predicted octanol–water partition coefficient (Wildman–Crippen LogP) is 3.80. The van der Waals surface area contributed by atoms with Gasteiger partial charge >= 0.3 is 0 Å². The molecule has 2 saturated heterocycles. The van der Waals surface area contributed by atoms with Gasteiger partial charge < -0.3 is 4.90 Å². The van der Waals surface area contributed by atoms with Crippen LogP contribution in [0.2, 0.25) is 0 Å². The van der Waals surface area contributed by atoms with Gasteiger partial charge in [-0.05, 0) is 58.2 Å². The first-order valence-corrected chi connectivity index (χ1v) is 9.94. The minimum atomic E-state index is 0.374. The number of hydrogen-bond acceptors (Lipinski definition) is 3. The molecule has 0 amide bonds. The Morgan fingerprint density at radius 2 is 1.52 bits per heavy atom. The molecule has 0 aromatic rings. The first-order chi connectivity index (χ1) is 10.8. The number of piperazine rings is 1. The van der Waals surface area contributed by atoms with Gasteiger partial charge in [-0.25, -0.2) is 0 Å². The van der Waals surface area contributed by atoms with Crippen LogP contribution >= 0.6 is 0 Å². The molecule has 0 N–H and O–H groups in total. The Bertz CT molecular complexity index is 313. The van der Waals surface area contributed by atoms with Gasteiger partial charge in [0.25, 0.3) is 0 Å². The van der Waals surface area contributed by atoms with Crippen molar-refractivity contribution in [2.24, 2.45) is 11.3 Å². The molecule has 2 aliphatic rings. The highest BCUT2D eigenvalue weighted by Crippen LogP contribution is 2.30. The molecule has 0 radical (unpaired) electrons. The quantitative estimate of drug-likeness (QED) is 0.781. The van der Waals surface area contributed by atoms with Crippen molar-refractivity contribution in [1.29, 1.82) is 0 Å². The fraction of sp³-hybridized carbons (Fsp3) is 1.00. The summed E-state index contributed by atoms with van der Waals surface area (Å²) in [5, 5.41) is 0. The molecule has 2 aliphatic heterocycles. The molecule has 2 heterocycles. The second-order valence-corrected chi connectivity index (χ2v) is 8.71. The third-order valence-corrected chi connectivity index (χ3v) is 5.58. The lowest BCUT2D eigenvalue weighted by molar-refractivity contribution is -0.00907. The van der Waals surface area contributed by atoms with Gasteiger partial charge in [-0.2, -0.15) is 0 Å². The van der Waals surface area contributed by atoms with Gasteiger partial charge in [-0.3, -0.25) is 9.80 Å². The third-order valence-electron chi connectivity index (χ3n) is 5.58. The van der Waals surface area contributed by atoms with Crippen LogP contribution in [-0.2, 0) is 0 Å². The zero-order valence-electron chi connectivity index (χ0n) is 17.2. The van der Waals surface area contributed by atoms with Crippen molar-refractivity contribution >= 4 is 0 Å². The molecule has 2 rings (SSSR count). The van der Waals surface area contributed by atoms with Crippen LogP contribution in [0.5, 0.6) is 0 Å². The molecule has 0 spiro atoms. The van der Waals surface area contributed by atoms with E-state index in [1.165, 1.54) is 52.1 Å². The molecular formula is C20H43N3. The summed E-state index contributed by atoms with van der Waals surface area (Å²) in [6.45, 7) is 23.6. The van der Waals surface area contributed by atoms with Crippen molar-refractivity contribution in [3.63, 3.8) is 0 Å². The minimum absolute atomic E-state index is 0.374. The highest BCUT2D eigenvalue weighted by Gasteiger charge is 2.36. The van der Waals surface area contributed by atoms with Crippen LogP contribution in [0, 0.1) is 11.3 Å². The Kier molecular flexibility index (Phi) is 8.54. The second kappa shape index (κ2) is 9.39. The van der Waals surface area contributed by atoms with Crippen LogP contribution in [0.1, 0.15) is 61.3 Å². The van der Waals surface area contributed by atoms with Crippen LogP contribution < -0.4 is 0 Å². The van der Waals surface area contributed by atoms with E-state index in [-0.39, 0.29) is 0 Å². The molecule has 0 aliphatic carbocycles. The smallest absolute Gasteiger partial charge is 0.0272 e. The van der Waals surface area contributed by atoms with Crippen molar-refractivity contribution < 1.29 is 0 Å². The van der Waals surface area contributed by atoms with Crippen LogP contribution in [0.25, 0.3) is 0 Å². The standard InChI is InChI=1S/C18H37N3.C2H6/c1-15(2)20-11-12-21(17(14-20)18(3,4)5)13-16-7-9-19(6)10-8-16;1-2/h15-17H,7-14H2,1-6H3;1-2H3. The Labute approximate surface area is 146 Å². The average molecular weight is 326 g/mol. The van der Waals surface area contributed by atoms with Gasteiger partial charge in [-0.1, -0.05) is 34.6 Å². The Balaban J connectivity index is 0.00000127. The van der Waals surface area contributed by atoms with Crippen LogP contribution in [0.4, 0.5) is 0 Å². The molecule has 138 valence electrons. The molecule has 1 atom stereocenters. The number of piperidine rings is 1. The van der Waals surface area contributed by atoms with E-state index in [0.717, 1.165) is 5.92 Å². The summed E-state index contributed by atoms with van der Waals surface area (Å²) in [5.74, 6) is 0.914. The summed E-state index contributed by atoms with van der Waals surface area (Å²) in [6, 6.07) is 1.38. The van der Waals surface area contributed by atoms with E-state index in [1.54, 1.807) is 0 Å². The molecule has 3 heteroatoms. The first kappa shape index (κ1) is 20.9. The molecular weight excluding hydrogens is 282 g/mol. The van der Waals surface area contributed by atoms with E-state index in [4.69, 9.17) is 0 Å². The normalized spacial score (nSPS) is 26.2. The summed E-state index contributed by atoms with van der Waals surface area (Å²) in [7, 11) is 2.26. The van der Waals surface area contributed by atoms with Crippen molar-refractivity contribution in [1.82, 2.24) is 14.7 Å². The lowest BCUT2D eigenvalue weighted by atomic mass is 9.83. The van der Waals surface area contributed by atoms with Gasteiger partial charge in [0.1, 0.15) is 0 Å². The maximum absolute atomic E-state index is 2.81. The Morgan fingerprint density at radius 1 is 0.957 bits per heavy atom. The average Bonchev–Trinajstić information content (AvgIpc) is 2.50. The van der Waals surface area contributed by atoms with Crippen molar-refractivity contribution in [2.75, 3.05) is 46.3 Å². The van der Waals surface area contributed by atoms with E-state index >= 15 is 0 Å².